The molecular formula is C47H28N2S. The highest BCUT2D eigenvalue weighted by Crippen LogP contribution is 2.43. The van der Waals surface area contributed by atoms with E-state index >= 15 is 0 Å². The molecule has 0 spiro atoms. The van der Waals surface area contributed by atoms with Crippen LogP contribution in [-0.2, 0) is 0 Å². The molecule has 11 rings (SSSR count). The quantitative estimate of drug-likeness (QED) is 0.137. The zero-order valence-electron chi connectivity index (χ0n) is 27.0. The lowest BCUT2D eigenvalue weighted by Gasteiger charge is -2.14. The molecule has 0 saturated carbocycles. The Hall–Kier alpha value is -6.29. The first-order chi connectivity index (χ1) is 24.8. The van der Waals surface area contributed by atoms with E-state index in [1.807, 2.05) is 11.3 Å². The summed E-state index contributed by atoms with van der Waals surface area (Å²) in [6, 6.07) is 61.9. The number of nitrogens with zero attached hydrogens (tertiary/aromatic N) is 2. The normalized spacial score (nSPS) is 12.0. The number of hydrogen-bond donors (Lipinski definition) is 0. The van der Waals surface area contributed by atoms with Crippen LogP contribution in [0.25, 0.3) is 102 Å². The van der Waals surface area contributed by atoms with Gasteiger partial charge in [0, 0.05) is 42.2 Å². The third-order valence-electron chi connectivity index (χ3n) is 10.3. The number of benzene rings is 9. The van der Waals surface area contributed by atoms with Gasteiger partial charge in [0.15, 0.2) is 0 Å². The number of imidazole rings is 1. The SMILES string of the molecule is c1cc(-c2cccc3c2sc2ccccc23)cc(-n2c(-c3ccc4cc5ccccc5cc4c3)nc3c4ccccc4c4ccccc4c32)c1. The van der Waals surface area contributed by atoms with Gasteiger partial charge >= 0.3 is 0 Å². The van der Waals surface area contributed by atoms with Gasteiger partial charge in [-0.2, -0.15) is 0 Å². The van der Waals surface area contributed by atoms with Gasteiger partial charge in [-0.3, -0.25) is 4.57 Å². The second-order valence-electron chi connectivity index (χ2n) is 13.2. The Balaban J connectivity index is 1.22. The Morgan fingerprint density at radius 3 is 1.90 bits per heavy atom. The van der Waals surface area contributed by atoms with Gasteiger partial charge in [0.1, 0.15) is 5.82 Å². The highest BCUT2D eigenvalue weighted by molar-refractivity contribution is 7.26. The van der Waals surface area contributed by atoms with Crippen molar-refractivity contribution in [1.29, 1.82) is 0 Å². The van der Waals surface area contributed by atoms with Crippen molar-refractivity contribution in [2.75, 3.05) is 0 Å². The summed E-state index contributed by atoms with van der Waals surface area (Å²) in [6.07, 6.45) is 0. The van der Waals surface area contributed by atoms with Crippen LogP contribution in [-0.4, -0.2) is 9.55 Å². The lowest BCUT2D eigenvalue weighted by atomic mass is 9.99. The van der Waals surface area contributed by atoms with Crippen molar-refractivity contribution in [2.24, 2.45) is 0 Å². The molecule has 0 saturated heterocycles. The maximum Gasteiger partial charge on any atom is 0.145 e. The lowest BCUT2D eigenvalue weighted by Crippen LogP contribution is -1.99. The van der Waals surface area contributed by atoms with Crippen LogP contribution in [0.2, 0.25) is 0 Å². The van der Waals surface area contributed by atoms with E-state index in [1.54, 1.807) is 0 Å². The second kappa shape index (κ2) is 10.6. The monoisotopic (exact) mass is 652 g/mol. The van der Waals surface area contributed by atoms with Crippen molar-refractivity contribution in [3.05, 3.63) is 170 Å². The van der Waals surface area contributed by atoms with Crippen molar-refractivity contribution in [3.8, 4) is 28.2 Å². The van der Waals surface area contributed by atoms with Gasteiger partial charge in [-0.15, -0.1) is 11.3 Å². The van der Waals surface area contributed by atoms with Crippen LogP contribution >= 0.6 is 11.3 Å². The molecular weight excluding hydrogens is 625 g/mol. The molecule has 2 aromatic heterocycles. The predicted molar refractivity (Wildman–Crippen MR) is 215 cm³/mol. The fraction of sp³-hybridized carbons (Fsp3) is 0. The van der Waals surface area contributed by atoms with Crippen molar-refractivity contribution in [2.45, 2.75) is 0 Å². The van der Waals surface area contributed by atoms with E-state index in [1.165, 1.54) is 74.4 Å². The molecule has 0 atom stereocenters. The number of rotatable bonds is 3. The molecule has 3 heteroatoms. The molecule has 11 aromatic rings. The van der Waals surface area contributed by atoms with E-state index in [4.69, 9.17) is 4.98 Å². The van der Waals surface area contributed by atoms with Gasteiger partial charge in [0.2, 0.25) is 0 Å². The molecule has 0 aliphatic rings. The number of hydrogen-bond acceptors (Lipinski definition) is 2. The Labute approximate surface area is 292 Å². The molecule has 0 bridgehead atoms. The molecule has 0 amide bonds. The first kappa shape index (κ1) is 27.6. The highest BCUT2D eigenvalue weighted by Gasteiger charge is 2.21. The summed E-state index contributed by atoms with van der Waals surface area (Å²) in [6.45, 7) is 0. The Bertz CT molecular complexity index is 3160. The van der Waals surface area contributed by atoms with Crippen LogP contribution in [0.5, 0.6) is 0 Å². The minimum absolute atomic E-state index is 0.939. The molecule has 0 unspecified atom stereocenters. The summed E-state index contributed by atoms with van der Waals surface area (Å²) in [5, 5.41) is 12.4. The van der Waals surface area contributed by atoms with E-state index < -0.39 is 0 Å². The first-order valence-electron chi connectivity index (χ1n) is 17.0. The molecule has 0 fully saturated rings. The number of thiophene rings is 1. The van der Waals surface area contributed by atoms with Gasteiger partial charge in [0.05, 0.1) is 11.0 Å². The van der Waals surface area contributed by atoms with Crippen molar-refractivity contribution in [1.82, 2.24) is 9.55 Å². The highest BCUT2D eigenvalue weighted by atomic mass is 32.1. The van der Waals surface area contributed by atoms with Crippen molar-refractivity contribution < 1.29 is 0 Å². The van der Waals surface area contributed by atoms with Crippen LogP contribution in [0.1, 0.15) is 0 Å². The van der Waals surface area contributed by atoms with Crippen LogP contribution in [0.4, 0.5) is 0 Å². The van der Waals surface area contributed by atoms with Gasteiger partial charge in [-0.25, -0.2) is 4.98 Å². The van der Waals surface area contributed by atoms with Crippen LogP contribution < -0.4 is 0 Å². The molecule has 0 radical (unpaired) electrons. The summed E-state index contributed by atoms with van der Waals surface area (Å²) in [4.78, 5) is 5.55. The van der Waals surface area contributed by atoms with Gasteiger partial charge in [-0.1, -0.05) is 133 Å². The maximum atomic E-state index is 5.55. The Morgan fingerprint density at radius 1 is 0.420 bits per heavy atom. The fourth-order valence-electron chi connectivity index (χ4n) is 8.02. The molecule has 2 nitrogen and oxygen atoms in total. The Morgan fingerprint density at radius 2 is 1.06 bits per heavy atom. The Kier molecular flexibility index (Phi) is 5.86. The maximum absolute atomic E-state index is 5.55. The summed E-state index contributed by atoms with van der Waals surface area (Å²) in [5.41, 5.74) is 6.79. The van der Waals surface area contributed by atoms with Gasteiger partial charge in [-0.05, 0) is 79.8 Å². The summed E-state index contributed by atoms with van der Waals surface area (Å²) < 4.78 is 5.04. The van der Waals surface area contributed by atoms with Gasteiger partial charge < -0.3 is 0 Å². The van der Waals surface area contributed by atoms with E-state index in [2.05, 4.69) is 174 Å². The average Bonchev–Trinajstić information content (AvgIpc) is 3.77. The van der Waals surface area contributed by atoms with Crippen molar-refractivity contribution in [3.63, 3.8) is 0 Å². The molecule has 2 heterocycles. The molecule has 0 aliphatic heterocycles. The van der Waals surface area contributed by atoms with E-state index in [0.29, 0.717) is 0 Å². The third-order valence-corrected chi connectivity index (χ3v) is 11.5. The summed E-state index contributed by atoms with van der Waals surface area (Å²) >= 11 is 1.87. The summed E-state index contributed by atoms with van der Waals surface area (Å²) in [7, 11) is 0. The van der Waals surface area contributed by atoms with E-state index in [0.717, 1.165) is 28.1 Å². The predicted octanol–water partition coefficient (Wildman–Crippen LogP) is 13.3. The minimum Gasteiger partial charge on any atom is -0.292 e. The third kappa shape index (κ3) is 4.05. The fourth-order valence-corrected chi connectivity index (χ4v) is 9.25. The molecule has 0 N–H and O–H groups in total. The van der Waals surface area contributed by atoms with Crippen molar-refractivity contribution >= 4 is 85.6 Å². The minimum atomic E-state index is 0.939. The molecule has 50 heavy (non-hydrogen) atoms. The zero-order valence-corrected chi connectivity index (χ0v) is 27.8. The van der Waals surface area contributed by atoms with Gasteiger partial charge in [0.25, 0.3) is 0 Å². The van der Waals surface area contributed by atoms with Crippen LogP contribution in [0.3, 0.4) is 0 Å². The average molecular weight is 653 g/mol. The molecule has 0 aliphatic carbocycles. The second-order valence-corrected chi connectivity index (χ2v) is 14.2. The van der Waals surface area contributed by atoms with Crippen LogP contribution in [0, 0.1) is 0 Å². The van der Waals surface area contributed by atoms with E-state index in [9.17, 15) is 0 Å². The lowest BCUT2D eigenvalue weighted by molar-refractivity contribution is 1.11. The number of aromatic nitrogens is 2. The smallest absolute Gasteiger partial charge is 0.145 e. The van der Waals surface area contributed by atoms with E-state index in [-0.39, 0.29) is 0 Å². The first-order valence-corrected chi connectivity index (χ1v) is 17.9. The molecule has 232 valence electrons. The molecule has 9 aromatic carbocycles. The number of fused-ring (bicyclic) bond motifs is 11. The largest absolute Gasteiger partial charge is 0.292 e. The topological polar surface area (TPSA) is 17.8 Å². The summed E-state index contributed by atoms with van der Waals surface area (Å²) in [5.74, 6) is 0.939. The standard InChI is InChI=1S/C47H28N2S/c1-2-12-30-26-34-27-33(24-23-31(34)25-29(30)11-1)47-48-44-40-18-5-3-15-37(40)38-16-4-6-19-41(38)45(44)49(47)35-14-9-13-32(28-35)36-20-10-21-42-39-17-7-8-22-43(39)50-46(36)42/h1-28H. The zero-order chi connectivity index (χ0) is 32.8. The van der Waals surface area contributed by atoms with Crippen LogP contribution in [0.15, 0.2) is 170 Å².